The maximum absolute atomic E-state index is 5.95. The molecule has 0 saturated carbocycles. The molecule has 0 atom stereocenters. The second kappa shape index (κ2) is 5.99. The molecule has 1 aliphatic carbocycles. The predicted molar refractivity (Wildman–Crippen MR) is 85.3 cm³/mol. The number of nitrogens with two attached hydrogens (primary N) is 1. The molecule has 1 aliphatic rings. The zero-order valence-electron chi connectivity index (χ0n) is 12.3. The van der Waals surface area contributed by atoms with Gasteiger partial charge >= 0.3 is 0 Å². The summed E-state index contributed by atoms with van der Waals surface area (Å²) in [4.78, 5) is 4.36. The summed E-state index contributed by atoms with van der Waals surface area (Å²) in [5, 5.41) is 7.39. The smallest absolute Gasteiger partial charge is 0.193 e. The predicted octanol–water partition coefficient (Wildman–Crippen LogP) is 2.32. The minimum atomic E-state index is 0.442. The van der Waals surface area contributed by atoms with Crippen LogP contribution >= 0.6 is 0 Å². The molecule has 0 spiro atoms. The Morgan fingerprint density at radius 1 is 1.38 bits per heavy atom. The summed E-state index contributed by atoms with van der Waals surface area (Å²) < 4.78 is 1.88. The molecule has 1 aromatic heterocycles. The number of aryl methyl sites for hydroxylation is 3. The average molecular weight is 283 g/mol. The van der Waals surface area contributed by atoms with Crippen LogP contribution in [0.15, 0.2) is 35.6 Å². The van der Waals surface area contributed by atoms with E-state index in [0.29, 0.717) is 12.5 Å². The van der Waals surface area contributed by atoms with Gasteiger partial charge in [-0.15, -0.1) is 0 Å². The Morgan fingerprint density at radius 2 is 2.24 bits per heavy atom. The first-order valence-corrected chi connectivity index (χ1v) is 7.44. The Hall–Kier alpha value is -2.30. The van der Waals surface area contributed by atoms with Gasteiger partial charge in [-0.05, 0) is 49.4 Å². The molecule has 3 rings (SSSR count). The SMILES string of the molecule is CCn1cc(CN=C(N)Nc2ccc3c(c2)CCC3)cn1. The number of nitrogens with one attached hydrogen (secondary N) is 1. The standard InChI is InChI=1S/C16H21N5/c1-2-21-11-12(10-19-21)9-18-16(17)20-15-7-6-13-4-3-5-14(13)8-15/h6-8,10-11H,2-5,9H2,1H3,(H3,17,18,20). The van der Waals surface area contributed by atoms with Gasteiger partial charge in [-0.2, -0.15) is 5.10 Å². The van der Waals surface area contributed by atoms with Crippen LogP contribution in [0, 0.1) is 0 Å². The number of aliphatic imine (C=N–C) groups is 1. The van der Waals surface area contributed by atoms with Crippen LogP contribution in [0.2, 0.25) is 0 Å². The Bertz CT molecular complexity index is 656. The van der Waals surface area contributed by atoms with E-state index < -0.39 is 0 Å². The molecule has 21 heavy (non-hydrogen) atoms. The lowest BCUT2D eigenvalue weighted by atomic mass is 10.1. The second-order valence-corrected chi connectivity index (χ2v) is 5.37. The van der Waals surface area contributed by atoms with Gasteiger partial charge in [-0.25, -0.2) is 4.99 Å². The van der Waals surface area contributed by atoms with Crippen molar-refractivity contribution in [3.05, 3.63) is 47.3 Å². The van der Waals surface area contributed by atoms with Gasteiger partial charge in [-0.1, -0.05) is 6.07 Å². The van der Waals surface area contributed by atoms with E-state index >= 15 is 0 Å². The molecule has 1 aromatic carbocycles. The Balaban J connectivity index is 1.62. The second-order valence-electron chi connectivity index (χ2n) is 5.37. The van der Waals surface area contributed by atoms with Crippen molar-refractivity contribution in [2.24, 2.45) is 10.7 Å². The number of rotatable bonds is 4. The van der Waals surface area contributed by atoms with Gasteiger partial charge in [0.1, 0.15) is 0 Å². The molecule has 0 saturated heterocycles. The molecule has 0 bridgehead atoms. The molecule has 0 unspecified atom stereocenters. The van der Waals surface area contributed by atoms with Crippen molar-refractivity contribution in [2.75, 3.05) is 5.32 Å². The van der Waals surface area contributed by atoms with Gasteiger partial charge in [-0.3, -0.25) is 4.68 Å². The molecule has 0 amide bonds. The van der Waals surface area contributed by atoms with Gasteiger partial charge in [0.2, 0.25) is 0 Å². The summed E-state index contributed by atoms with van der Waals surface area (Å²) in [5.74, 6) is 0.442. The summed E-state index contributed by atoms with van der Waals surface area (Å²) in [6.45, 7) is 3.47. The van der Waals surface area contributed by atoms with Crippen molar-refractivity contribution in [3.8, 4) is 0 Å². The zero-order valence-corrected chi connectivity index (χ0v) is 12.3. The molecule has 0 aliphatic heterocycles. The Morgan fingerprint density at radius 3 is 3.05 bits per heavy atom. The first-order chi connectivity index (χ1) is 10.2. The monoisotopic (exact) mass is 283 g/mol. The van der Waals surface area contributed by atoms with E-state index in [0.717, 1.165) is 24.2 Å². The number of hydrogen-bond acceptors (Lipinski definition) is 2. The Labute approximate surface area is 124 Å². The molecule has 5 heteroatoms. The summed E-state index contributed by atoms with van der Waals surface area (Å²) in [5.41, 5.74) is 10.9. The fourth-order valence-electron chi connectivity index (χ4n) is 2.67. The summed E-state index contributed by atoms with van der Waals surface area (Å²) >= 11 is 0. The van der Waals surface area contributed by atoms with Crippen molar-refractivity contribution >= 4 is 11.6 Å². The lowest BCUT2D eigenvalue weighted by Gasteiger charge is -2.07. The number of nitrogens with zero attached hydrogens (tertiary/aromatic N) is 3. The van der Waals surface area contributed by atoms with Crippen molar-refractivity contribution < 1.29 is 0 Å². The van der Waals surface area contributed by atoms with Crippen molar-refractivity contribution in [1.82, 2.24) is 9.78 Å². The topological polar surface area (TPSA) is 68.2 Å². The van der Waals surface area contributed by atoms with Crippen LogP contribution in [0.4, 0.5) is 5.69 Å². The number of aromatic nitrogens is 2. The van der Waals surface area contributed by atoms with Gasteiger partial charge in [0.25, 0.3) is 0 Å². The number of benzene rings is 1. The molecule has 0 radical (unpaired) electrons. The van der Waals surface area contributed by atoms with Crippen LogP contribution in [-0.2, 0) is 25.9 Å². The highest BCUT2D eigenvalue weighted by atomic mass is 15.3. The maximum atomic E-state index is 5.95. The highest BCUT2D eigenvalue weighted by Crippen LogP contribution is 2.24. The molecule has 3 N–H and O–H groups in total. The Kier molecular flexibility index (Phi) is 3.90. The minimum absolute atomic E-state index is 0.442. The van der Waals surface area contributed by atoms with E-state index in [1.165, 1.54) is 24.0 Å². The van der Waals surface area contributed by atoms with Gasteiger partial charge in [0, 0.05) is 24.0 Å². The zero-order chi connectivity index (χ0) is 14.7. The molecule has 0 fully saturated rings. The normalized spacial score (nSPS) is 14.2. The number of guanidine groups is 1. The van der Waals surface area contributed by atoms with Gasteiger partial charge in [0.05, 0.1) is 12.7 Å². The van der Waals surface area contributed by atoms with E-state index in [1.54, 1.807) is 0 Å². The summed E-state index contributed by atoms with van der Waals surface area (Å²) in [6.07, 6.45) is 7.43. The quantitative estimate of drug-likeness (QED) is 0.668. The van der Waals surface area contributed by atoms with Crippen LogP contribution in [0.25, 0.3) is 0 Å². The van der Waals surface area contributed by atoms with Crippen LogP contribution < -0.4 is 11.1 Å². The third kappa shape index (κ3) is 3.24. The summed E-state index contributed by atoms with van der Waals surface area (Å²) in [7, 11) is 0. The van der Waals surface area contributed by atoms with E-state index in [4.69, 9.17) is 5.73 Å². The molecule has 110 valence electrons. The van der Waals surface area contributed by atoms with Crippen LogP contribution in [0.1, 0.15) is 30.0 Å². The van der Waals surface area contributed by atoms with Crippen LogP contribution in [-0.4, -0.2) is 15.7 Å². The molecular weight excluding hydrogens is 262 g/mol. The number of fused-ring (bicyclic) bond motifs is 1. The number of hydrogen-bond donors (Lipinski definition) is 2. The van der Waals surface area contributed by atoms with E-state index in [2.05, 4.69) is 40.5 Å². The van der Waals surface area contributed by atoms with Crippen molar-refractivity contribution in [2.45, 2.75) is 39.3 Å². The molecule has 2 aromatic rings. The average Bonchev–Trinajstić information content (AvgIpc) is 3.13. The first-order valence-electron chi connectivity index (χ1n) is 7.44. The van der Waals surface area contributed by atoms with E-state index in [-0.39, 0.29) is 0 Å². The minimum Gasteiger partial charge on any atom is -0.370 e. The maximum Gasteiger partial charge on any atom is 0.193 e. The first kappa shape index (κ1) is 13.7. The summed E-state index contributed by atoms with van der Waals surface area (Å²) in [6, 6.07) is 6.44. The molecular formula is C16H21N5. The fraction of sp³-hybridized carbons (Fsp3) is 0.375. The highest BCUT2D eigenvalue weighted by Gasteiger charge is 2.10. The highest BCUT2D eigenvalue weighted by molar-refractivity contribution is 5.92. The third-order valence-electron chi connectivity index (χ3n) is 3.81. The number of anilines is 1. The lowest BCUT2D eigenvalue weighted by Crippen LogP contribution is -2.22. The third-order valence-corrected chi connectivity index (χ3v) is 3.81. The van der Waals surface area contributed by atoms with Gasteiger partial charge in [0.15, 0.2) is 5.96 Å². The fourth-order valence-corrected chi connectivity index (χ4v) is 2.67. The lowest BCUT2D eigenvalue weighted by molar-refractivity contribution is 0.659. The van der Waals surface area contributed by atoms with Crippen LogP contribution in [0.3, 0.4) is 0 Å². The van der Waals surface area contributed by atoms with Gasteiger partial charge < -0.3 is 11.1 Å². The van der Waals surface area contributed by atoms with Crippen molar-refractivity contribution in [3.63, 3.8) is 0 Å². The van der Waals surface area contributed by atoms with E-state index in [1.807, 2.05) is 17.1 Å². The van der Waals surface area contributed by atoms with Crippen LogP contribution in [0.5, 0.6) is 0 Å². The molecule has 5 nitrogen and oxygen atoms in total. The van der Waals surface area contributed by atoms with Crippen molar-refractivity contribution in [1.29, 1.82) is 0 Å². The van der Waals surface area contributed by atoms with E-state index in [9.17, 15) is 0 Å². The molecule has 1 heterocycles. The largest absolute Gasteiger partial charge is 0.370 e.